The van der Waals surface area contributed by atoms with Crippen LogP contribution >= 0.6 is 0 Å². The van der Waals surface area contributed by atoms with Crippen LogP contribution in [0.15, 0.2) is 473 Å². The summed E-state index contributed by atoms with van der Waals surface area (Å²) in [6.07, 6.45) is 0. The lowest BCUT2D eigenvalue weighted by Gasteiger charge is -2.23. The third kappa shape index (κ3) is 13.0. The van der Waals surface area contributed by atoms with E-state index in [1.807, 2.05) is 0 Å². The summed E-state index contributed by atoms with van der Waals surface area (Å²) >= 11 is 0. The maximum absolute atomic E-state index is 2.44. The second-order valence-electron chi connectivity index (χ2n) is 41.2. The van der Waals surface area contributed by atoms with E-state index in [2.05, 4.69) is 515 Å². The van der Waals surface area contributed by atoms with Gasteiger partial charge in [0.05, 0.1) is 0 Å². The molecule has 3 aliphatic rings. The molecule has 0 heteroatoms. The van der Waals surface area contributed by atoms with Crippen molar-refractivity contribution in [2.24, 2.45) is 0 Å². The van der Waals surface area contributed by atoms with Gasteiger partial charge in [0.1, 0.15) is 0 Å². The lowest BCUT2D eigenvalue weighted by atomic mass is 9.80. The maximum Gasteiger partial charge on any atom is 0.0159 e. The molecule has 27 aromatic carbocycles. The van der Waals surface area contributed by atoms with Crippen molar-refractivity contribution in [3.63, 3.8) is 0 Å². The van der Waals surface area contributed by atoms with Gasteiger partial charge >= 0.3 is 0 Å². The normalized spacial score (nSPS) is 13.5. The monoisotopic (exact) mass is 1790 g/mol. The van der Waals surface area contributed by atoms with Crippen molar-refractivity contribution >= 4 is 129 Å². The van der Waals surface area contributed by atoms with Gasteiger partial charge in [-0.05, 0) is 351 Å². The van der Waals surface area contributed by atoms with Gasteiger partial charge in [0, 0.05) is 16.2 Å². The Hall–Kier alpha value is -17.2. The highest BCUT2D eigenvalue weighted by atomic mass is 14.4. The Morgan fingerprint density at radius 2 is 0.312 bits per heavy atom. The van der Waals surface area contributed by atoms with E-state index in [1.54, 1.807) is 0 Å². The average molecular weight is 1790 g/mol. The molecule has 0 aliphatic heterocycles. The summed E-state index contributed by atoms with van der Waals surface area (Å²) in [5.41, 5.74) is 39.0. The highest BCUT2D eigenvalue weighted by Gasteiger charge is 2.40. The van der Waals surface area contributed by atoms with E-state index in [1.165, 1.54) is 296 Å². The minimum absolute atomic E-state index is 0.0881. The van der Waals surface area contributed by atoms with Crippen LogP contribution in [0.1, 0.15) is 74.9 Å². The Labute approximate surface area is 821 Å². The zero-order chi connectivity index (χ0) is 93.8. The van der Waals surface area contributed by atoms with Crippen molar-refractivity contribution in [2.45, 2.75) is 57.8 Å². The Morgan fingerprint density at radius 3 is 0.688 bits per heavy atom. The van der Waals surface area contributed by atoms with E-state index < -0.39 is 0 Å². The molecular weight excluding hydrogens is 1690 g/mol. The summed E-state index contributed by atoms with van der Waals surface area (Å²) in [5, 5.41) is 31.6. The first kappa shape index (κ1) is 82.1. The molecule has 0 saturated heterocycles. The van der Waals surface area contributed by atoms with E-state index in [4.69, 9.17) is 0 Å². The zero-order valence-corrected chi connectivity index (χ0v) is 79.5. The third-order valence-corrected chi connectivity index (χ3v) is 32.4. The minimum atomic E-state index is -0.1000. The van der Waals surface area contributed by atoms with Crippen molar-refractivity contribution < 1.29 is 0 Å². The number of rotatable bonds is 9. The summed E-state index contributed by atoms with van der Waals surface area (Å²) < 4.78 is 0. The van der Waals surface area contributed by atoms with Crippen molar-refractivity contribution in [3.8, 4) is 134 Å². The topological polar surface area (TPSA) is 0 Å². The van der Waals surface area contributed by atoms with Crippen LogP contribution in [-0.4, -0.2) is 0 Å². The Kier molecular flexibility index (Phi) is 18.3. The number of hydrogen-bond donors (Lipinski definition) is 0. The molecule has 0 heterocycles. The van der Waals surface area contributed by atoms with Crippen LogP contribution in [0.3, 0.4) is 0 Å². The summed E-state index contributed by atoms with van der Waals surface area (Å²) in [6.45, 7) is 14.3. The van der Waals surface area contributed by atoms with Crippen molar-refractivity contribution in [1.29, 1.82) is 0 Å². The molecule has 0 atom stereocenters. The molecule has 0 bridgehead atoms. The molecule has 0 amide bonds. The SMILES string of the molecule is CC1(C)c2cc(-c3ccc(-c4ccc5ccc6cccc7ccc4c5c67)cc3)ccc2-c2ccc(-c3ccc4ccccc4c3)cc21.CC1(C)c2cc(-c3ccc(-c4ccc5ccc6cccc7ccc4c5c67)cc3)ccc2-c2ccc(-c3cccc4ccccc34)cc21.CC1(C)c2cc(-c3cccc(-c4ccc5ccc6cccc7ccc4c5c67)c3)ccc2-c2ccc(-c3ccc4ccccc4c3)cc21. The van der Waals surface area contributed by atoms with Crippen molar-refractivity contribution in [1.82, 2.24) is 0 Å². The van der Waals surface area contributed by atoms with E-state index in [0.717, 1.165) is 0 Å². The largest absolute Gasteiger partial charge is 0.0616 e. The van der Waals surface area contributed by atoms with Crippen molar-refractivity contribution in [2.75, 3.05) is 0 Å². The van der Waals surface area contributed by atoms with Crippen LogP contribution in [0, 0.1) is 0 Å². The maximum atomic E-state index is 2.44. The van der Waals surface area contributed by atoms with Crippen LogP contribution in [-0.2, 0) is 16.2 Å². The molecule has 0 unspecified atom stereocenters. The van der Waals surface area contributed by atoms with Gasteiger partial charge in [0.25, 0.3) is 0 Å². The molecule has 0 spiro atoms. The molecule has 0 N–H and O–H groups in total. The molecule has 0 fully saturated rings. The van der Waals surface area contributed by atoms with Crippen LogP contribution in [0.4, 0.5) is 0 Å². The average Bonchev–Trinajstić information content (AvgIpc) is 1.72. The molecule has 0 nitrogen and oxygen atoms in total. The second-order valence-corrected chi connectivity index (χ2v) is 41.2. The van der Waals surface area contributed by atoms with E-state index >= 15 is 0 Å². The predicted molar refractivity (Wildman–Crippen MR) is 605 cm³/mol. The van der Waals surface area contributed by atoms with E-state index in [9.17, 15) is 0 Å². The van der Waals surface area contributed by atoms with Gasteiger partial charge in [-0.2, -0.15) is 0 Å². The molecule has 141 heavy (non-hydrogen) atoms. The fourth-order valence-corrected chi connectivity index (χ4v) is 25.0. The van der Waals surface area contributed by atoms with Crippen LogP contribution in [0.25, 0.3) is 263 Å². The number of fused-ring (bicyclic) bond motifs is 12. The van der Waals surface area contributed by atoms with Gasteiger partial charge in [-0.15, -0.1) is 0 Å². The predicted octanol–water partition coefficient (Wildman–Crippen LogP) is 39.1. The number of benzene rings is 27. The first-order valence-electron chi connectivity index (χ1n) is 49.8. The molecule has 0 aromatic heterocycles. The molecule has 660 valence electrons. The summed E-state index contributed by atoms with van der Waals surface area (Å²) in [4.78, 5) is 0. The first-order valence-corrected chi connectivity index (χ1v) is 49.8. The molecule has 30 rings (SSSR count). The van der Waals surface area contributed by atoms with E-state index in [0.29, 0.717) is 0 Å². The Morgan fingerprint density at radius 1 is 0.106 bits per heavy atom. The second kappa shape index (κ2) is 31.4. The molecule has 0 radical (unpaired) electrons. The lowest BCUT2D eigenvalue weighted by Crippen LogP contribution is -2.15. The quantitative estimate of drug-likeness (QED) is 0.126. The van der Waals surface area contributed by atoms with Crippen LogP contribution in [0.5, 0.6) is 0 Å². The van der Waals surface area contributed by atoms with Crippen LogP contribution in [0.2, 0.25) is 0 Å². The van der Waals surface area contributed by atoms with Gasteiger partial charge in [0.2, 0.25) is 0 Å². The van der Waals surface area contributed by atoms with Crippen molar-refractivity contribution in [3.05, 3.63) is 507 Å². The fraction of sp³-hybridized carbons (Fsp3) is 0.0638. The highest BCUT2D eigenvalue weighted by molar-refractivity contribution is 6.28. The fourth-order valence-electron chi connectivity index (χ4n) is 25.0. The lowest BCUT2D eigenvalue weighted by molar-refractivity contribution is 0.660. The van der Waals surface area contributed by atoms with Gasteiger partial charge < -0.3 is 0 Å². The van der Waals surface area contributed by atoms with Gasteiger partial charge in [-0.1, -0.05) is 460 Å². The minimum Gasteiger partial charge on any atom is -0.0616 e. The third-order valence-electron chi connectivity index (χ3n) is 32.4. The Bertz CT molecular complexity index is 9820. The standard InChI is InChI=1S/3C47H32/c1-47(2)43-27-35(21-24-40(43)41-25-22-36(28-44(41)47)38-12-6-8-30-7-3-4-11-37(30)38)29-13-15-31(16-14-29)39-23-19-34-18-17-32-9-5-10-33-20-26-42(39)46(34)45(32)33;1-47(2)43-27-36(19-22-40(43)41-23-20-37(28-44(41)47)35-16-13-29-7-3-4-8-33(29)25-35)34-11-6-12-38(26-34)39-21-17-32-15-14-30-9-5-10-31-18-24-42(39)46(32)45(30)31;1-47(2)43-27-37(20-23-40(43)41-24-21-38(28-44(41)47)36-17-12-29-6-3-4-7-35(29)26-36)30-10-13-31(14-11-30)39-22-18-34-16-15-32-8-5-9-33-19-25-42(39)46(34)45(32)33/h3*3-28H,1-2H3. The molecule has 27 aromatic rings. The molecule has 0 saturated carbocycles. The van der Waals surface area contributed by atoms with Crippen LogP contribution < -0.4 is 0 Å². The molecule has 3 aliphatic carbocycles. The zero-order valence-electron chi connectivity index (χ0n) is 79.5. The Balaban J connectivity index is 0.000000104. The molecular formula is C141H96. The van der Waals surface area contributed by atoms with E-state index in [-0.39, 0.29) is 16.2 Å². The highest BCUT2D eigenvalue weighted by Crippen LogP contribution is 2.56. The van der Waals surface area contributed by atoms with Gasteiger partial charge in [-0.25, -0.2) is 0 Å². The summed E-state index contributed by atoms with van der Waals surface area (Å²) in [7, 11) is 0. The summed E-state index contributed by atoms with van der Waals surface area (Å²) in [6, 6.07) is 177. The smallest absolute Gasteiger partial charge is 0.0159 e. The number of hydrogen-bond acceptors (Lipinski definition) is 0. The van der Waals surface area contributed by atoms with Gasteiger partial charge in [-0.3, -0.25) is 0 Å². The summed E-state index contributed by atoms with van der Waals surface area (Å²) in [5.74, 6) is 0. The first-order chi connectivity index (χ1) is 69.1. The van der Waals surface area contributed by atoms with Gasteiger partial charge in [0.15, 0.2) is 0 Å².